The van der Waals surface area contributed by atoms with Crippen molar-refractivity contribution < 1.29 is 4.39 Å². The molecule has 6 heteroatoms. The lowest BCUT2D eigenvalue weighted by atomic mass is 10.5. The Labute approximate surface area is 96.4 Å². The zero-order chi connectivity index (χ0) is 11.4. The predicted octanol–water partition coefficient (Wildman–Crippen LogP) is 2.20. The van der Waals surface area contributed by atoms with Gasteiger partial charge in [0.25, 0.3) is 0 Å². The van der Waals surface area contributed by atoms with Crippen molar-refractivity contribution in [2.75, 3.05) is 12.4 Å². The minimum Gasteiger partial charge on any atom is -0.357 e. The fourth-order valence-corrected chi connectivity index (χ4v) is 1.79. The third kappa shape index (κ3) is 2.46. The van der Waals surface area contributed by atoms with Crippen LogP contribution in [0.15, 0.2) is 40.6 Å². The van der Waals surface area contributed by atoms with Crippen molar-refractivity contribution in [2.24, 2.45) is 0 Å². The van der Waals surface area contributed by atoms with E-state index in [2.05, 4.69) is 20.3 Å². The lowest BCUT2D eigenvalue weighted by molar-refractivity contribution is 0.580. The summed E-state index contributed by atoms with van der Waals surface area (Å²) >= 11 is 1.17. The number of rotatable bonds is 3. The molecule has 0 aliphatic rings. The Balaban J connectivity index is 2.27. The number of halogens is 1. The van der Waals surface area contributed by atoms with Crippen LogP contribution in [0.4, 0.5) is 10.3 Å². The Morgan fingerprint density at radius 3 is 2.88 bits per heavy atom. The summed E-state index contributed by atoms with van der Waals surface area (Å²) in [5, 5.41) is 3.72. The van der Waals surface area contributed by atoms with Gasteiger partial charge in [0.05, 0.1) is 6.20 Å². The van der Waals surface area contributed by atoms with Crippen molar-refractivity contribution in [3.05, 3.63) is 36.4 Å². The highest BCUT2D eigenvalue weighted by molar-refractivity contribution is 7.99. The van der Waals surface area contributed by atoms with Crippen LogP contribution >= 0.6 is 11.8 Å². The third-order valence-corrected chi connectivity index (χ3v) is 2.70. The number of pyridine rings is 1. The Morgan fingerprint density at radius 1 is 1.31 bits per heavy atom. The number of nitrogens with zero attached hydrogens (tertiary/aromatic N) is 3. The Bertz CT molecular complexity index is 478. The molecule has 0 saturated heterocycles. The maximum absolute atomic E-state index is 13.4. The highest BCUT2D eigenvalue weighted by Crippen LogP contribution is 2.26. The zero-order valence-electron chi connectivity index (χ0n) is 8.51. The number of nitrogens with one attached hydrogen (secondary N) is 1. The molecule has 0 bridgehead atoms. The zero-order valence-corrected chi connectivity index (χ0v) is 9.33. The van der Waals surface area contributed by atoms with Gasteiger partial charge < -0.3 is 5.32 Å². The summed E-state index contributed by atoms with van der Waals surface area (Å²) in [6.07, 6.45) is 2.80. The first kappa shape index (κ1) is 10.8. The van der Waals surface area contributed by atoms with Gasteiger partial charge in [0, 0.05) is 13.2 Å². The third-order valence-electron chi connectivity index (χ3n) is 1.77. The van der Waals surface area contributed by atoms with Gasteiger partial charge in [-0.25, -0.2) is 19.3 Å². The molecular weight excluding hydrogens is 227 g/mol. The molecule has 2 aromatic heterocycles. The minimum absolute atomic E-state index is 0.262. The summed E-state index contributed by atoms with van der Waals surface area (Å²) in [4.78, 5) is 11.9. The second kappa shape index (κ2) is 4.89. The molecule has 0 amide bonds. The first-order chi connectivity index (χ1) is 7.79. The van der Waals surface area contributed by atoms with Gasteiger partial charge in [-0.15, -0.1) is 0 Å². The van der Waals surface area contributed by atoms with Crippen LogP contribution < -0.4 is 5.32 Å². The molecule has 0 aromatic carbocycles. The van der Waals surface area contributed by atoms with Gasteiger partial charge in [0.2, 0.25) is 5.95 Å². The molecule has 16 heavy (non-hydrogen) atoms. The van der Waals surface area contributed by atoms with E-state index >= 15 is 0 Å². The van der Waals surface area contributed by atoms with Crippen molar-refractivity contribution in [1.29, 1.82) is 0 Å². The monoisotopic (exact) mass is 236 g/mol. The highest BCUT2D eigenvalue weighted by atomic mass is 32.2. The maximum Gasteiger partial charge on any atom is 0.223 e. The standard InChI is InChI=1S/C10H9FN4S/c1-12-10-14-6-7(11)9(15-10)16-8-4-2-3-5-13-8/h2-6H,1H3,(H,12,14,15). The molecule has 2 heterocycles. The van der Waals surface area contributed by atoms with Gasteiger partial charge in [-0.2, -0.15) is 0 Å². The fourth-order valence-electron chi connectivity index (χ4n) is 1.05. The van der Waals surface area contributed by atoms with Crippen LogP contribution in [-0.2, 0) is 0 Å². The SMILES string of the molecule is CNc1ncc(F)c(Sc2ccccn2)n1. The van der Waals surface area contributed by atoms with Crippen molar-refractivity contribution >= 4 is 17.7 Å². The quantitative estimate of drug-likeness (QED) is 0.828. The summed E-state index contributed by atoms with van der Waals surface area (Å²) in [6.45, 7) is 0. The van der Waals surface area contributed by atoms with Crippen LogP contribution in [0.5, 0.6) is 0 Å². The van der Waals surface area contributed by atoms with Crippen LogP contribution in [0.1, 0.15) is 0 Å². The van der Waals surface area contributed by atoms with E-state index in [1.54, 1.807) is 25.4 Å². The van der Waals surface area contributed by atoms with Gasteiger partial charge in [-0.1, -0.05) is 6.07 Å². The summed E-state index contributed by atoms with van der Waals surface area (Å²) in [5.74, 6) is -0.0607. The summed E-state index contributed by atoms with van der Waals surface area (Å²) in [5.41, 5.74) is 0. The topological polar surface area (TPSA) is 50.7 Å². The molecule has 0 radical (unpaired) electrons. The van der Waals surface area contributed by atoms with Crippen LogP contribution in [0.25, 0.3) is 0 Å². The first-order valence-corrected chi connectivity index (χ1v) is 5.40. The number of anilines is 1. The average molecular weight is 236 g/mol. The van der Waals surface area contributed by atoms with E-state index in [-0.39, 0.29) is 5.03 Å². The van der Waals surface area contributed by atoms with Crippen molar-refractivity contribution in [3.63, 3.8) is 0 Å². The number of aromatic nitrogens is 3. The maximum atomic E-state index is 13.4. The summed E-state index contributed by atoms with van der Waals surface area (Å²) in [7, 11) is 1.68. The Morgan fingerprint density at radius 2 is 2.19 bits per heavy atom. The van der Waals surface area contributed by atoms with Crippen LogP contribution in [0.2, 0.25) is 0 Å². The van der Waals surface area contributed by atoms with E-state index in [1.165, 1.54) is 11.8 Å². The molecule has 1 N–H and O–H groups in total. The average Bonchev–Trinajstić information content (AvgIpc) is 2.33. The number of hydrogen-bond donors (Lipinski definition) is 1. The van der Waals surface area contributed by atoms with Crippen LogP contribution in [-0.4, -0.2) is 22.0 Å². The van der Waals surface area contributed by atoms with Gasteiger partial charge in [-0.3, -0.25) is 0 Å². The molecule has 0 fully saturated rings. The van der Waals surface area contributed by atoms with E-state index < -0.39 is 5.82 Å². The smallest absolute Gasteiger partial charge is 0.223 e. The normalized spacial score (nSPS) is 10.1. The number of hydrogen-bond acceptors (Lipinski definition) is 5. The van der Waals surface area contributed by atoms with E-state index in [0.29, 0.717) is 11.0 Å². The second-order valence-corrected chi connectivity index (χ2v) is 3.88. The molecule has 82 valence electrons. The predicted molar refractivity (Wildman–Crippen MR) is 59.9 cm³/mol. The molecule has 0 atom stereocenters. The minimum atomic E-state index is -0.449. The van der Waals surface area contributed by atoms with E-state index in [0.717, 1.165) is 6.20 Å². The van der Waals surface area contributed by atoms with Gasteiger partial charge >= 0.3 is 0 Å². The second-order valence-electron chi connectivity index (χ2n) is 2.87. The van der Waals surface area contributed by atoms with Crippen molar-refractivity contribution in [1.82, 2.24) is 15.0 Å². The molecule has 0 aliphatic carbocycles. The van der Waals surface area contributed by atoms with Crippen LogP contribution in [0.3, 0.4) is 0 Å². The molecule has 0 unspecified atom stereocenters. The lowest BCUT2D eigenvalue weighted by Gasteiger charge is -2.03. The van der Waals surface area contributed by atoms with E-state index in [4.69, 9.17) is 0 Å². The van der Waals surface area contributed by atoms with Crippen molar-refractivity contribution in [3.8, 4) is 0 Å². The fraction of sp³-hybridized carbons (Fsp3) is 0.100. The van der Waals surface area contributed by atoms with Gasteiger partial charge in [-0.05, 0) is 23.9 Å². The Hall–Kier alpha value is -1.69. The largest absolute Gasteiger partial charge is 0.357 e. The van der Waals surface area contributed by atoms with Crippen molar-refractivity contribution in [2.45, 2.75) is 10.1 Å². The van der Waals surface area contributed by atoms with Crippen LogP contribution in [0, 0.1) is 5.82 Å². The first-order valence-electron chi connectivity index (χ1n) is 4.59. The highest BCUT2D eigenvalue weighted by Gasteiger charge is 2.08. The Kier molecular flexibility index (Phi) is 3.31. The van der Waals surface area contributed by atoms with E-state index in [9.17, 15) is 4.39 Å². The van der Waals surface area contributed by atoms with Gasteiger partial charge in [0.1, 0.15) is 10.1 Å². The summed E-state index contributed by atoms with van der Waals surface area (Å²) in [6, 6.07) is 5.44. The molecule has 0 saturated carbocycles. The van der Waals surface area contributed by atoms with Gasteiger partial charge in [0.15, 0.2) is 5.82 Å². The van der Waals surface area contributed by atoms with E-state index in [1.807, 2.05) is 6.07 Å². The lowest BCUT2D eigenvalue weighted by Crippen LogP contribution is -1.99. The molecule has 0 aliphatic heterocycles. The molecule has 0 spiro atoms. The molecule has 2 aromatic rings. The molecular formula is C10H9FN4S. The summed E-state index contributed by atoms with van der Waals surface area (Å²) < 4.78 is 13.4. The molecule has 4 nitrogen and oxygen atoms in total. The molecule has 2 rings (SSSR count).